The van der Waals surface area contributed by atoms with Gasteiger partial charge in [0.2, 0.25) is 11.8 Å². The summed E-state index contributed by atoms with van der Waals surface area (Å²) in [5.74, 6) is -0.360. The van der Waals surface area contributed by atoms with Gasteiger partial charge >= 0.3 is 0 Å². The first-order valence-corrected chi connectivity index (χ1v) is 10.3. The summed E-state index contributed by atoms with van der Waals surface area (Å²) >= 11 is 0. The molecule has 3 atom stereocenters. The number of carbonyl (C=O) groups excluding carboxylic acids is 3. The summed E-state index contributed by atoms with van der Waals surface area (Å²) in [7, 11) is 0. The number of nitrogens with zero attached hydrogens (tertiary/aromatic N) is 2. The van der Waals surface area contributed by atoms with Gasteiger partial charge in [0.25, 0.3) is 5.91 Å². The lowest BCUT2D eigenvalue weighted by atomic mass is 9.95. The van der Waals surface area contributed by atoms with Crippen molar-refractivity contribution in [1.82, 2.24) is 15.1 Å². The molecule has 2 fully saturated rings. The van der Waals surface area contributed by atoms with Crippen LogP contribution >= 0.6 is 0 Å². The SMILES string of the molecule is CC(C(=O)N1CCCC(O)C1)N1CCC2(CCC1=O)NC(=O)c1ccccc1N2. The number of rotatable bonds is 2. The van der Waals surface area contributed by atoms with Crippen molar-refractivity contribution in [2.75, 3.05) is 25.0 Å². The number of β-amino-alcohol motifs (C(OH)–C–C–N with tert-alkyl or cyclic N) is 1. The maximum atomic E-state index is 12.9. The summed E-state index contributed by atoms with van der Waals surface area (Å²) in [4.78, 5) is 41.6. The van der Waals surface area contributed by atoms with E-state index >= 15 is 0 Å². The molecule has 8 heteroatoms. The van der Waals surface area contributed by atoms with Gasteiger partial charge in [0.1, 0.15) is 11.7 Å². The fraction of sp³-hybridized carbons (Fsp3) is 0.571. The van der Waals surface area contributed by atoms with Crippen molar-refractivity contribution < 1.29 is 19.5 Å². The van der Waals surface area contributed by atoms with Crippen LogP contribution in [-0.4, -0.2) is 70.1 Å². The van der Waals surface area contributed by atoms with Gasteiger partial charge in [0, 0.05) is 38.2 Å². The zero-order chi connectivity index (χ0) is 20.6. The Kier molecular flexibility index (Phi) is 5.21. The molecule has 1 aromatic carbocycles. The number of benzene rings is 1. The van der Waals surface area contributed by atoms with Gasteiger partial charge < -0.3 is 25.5 Å². The number of hydrogen-bond donors (Lipinski definition) is 3. The van der Waals surface area contributed by atoms with E-state index in [1.54, 1.807) is 22.8 Å². The van der Waals surface area contributed by atoms with Gasteiger partial charge in [-0.05, 0) is 38.3 Å². The van der Waals surface area contributed by atoms with Crippen LogP contribution < -0.4 is 10.6 Å². The van der Waals surface area contributed by atoms with Crippen LogP contribution in [0.4, 0.5) is 5.69 Å². The van der Waals surface area contributed by atoms with Crippen molar-refractivity contribution in [2.24, 2.45) is 0 Å². The Morgan fingerprint density at radius 2 is 2.00 bits per heavy atom. The number of nitrogens with one attached hydrogen (secondary N) is 2. The molecule has 29 heavy (non-hydrogen) atoms. The number of aliphatic hydroxyl groups is 1. The Hall–Kier alpha value is -2.61. The lowest BCUT2D eigenvalue weighted by molar-refractivity contribution is -0.146. The third kappa shape index (κ3) is 3.81. The summed E-state index contributed by atoms with van der Waals surface area (Å²) in [6.07, 6.45) is 2.20. The molecular formula is C21H28N4O4. The molecule has 3 unspecified atom stereocenters. The third-order valence-corrected chi connectivity index (χ3v) is 6.30. The van der Waals surface area contributed by atoms with Gasteiger partial charge in [-0.2, -0.15) is 0 Å². The third-order valence-electron chi connectivity index (χ3n) is 6.30. The van der Waals surface area contributed by atoms with E-state index in [0.29, 0.717) is 44.5 Å². The smallest absolute Gasteiger partial charge is 0.255 e. The molecule has 4 rings (SSSR count). The van der Waals surface area contributed by atoms with E-state index in [2.05, 4.69) is 10.6 Å². The van der Waals surface area contributed by atoms with Crippen LogP contribution in [0, 0.1) is 0 Å². The van der Waals surface area contributed by atoms with Crippen molar-refractivity contribution in [3.8, 4) is 0 Å². The van der Waals surface area contributed by atoms with Crippen molar-refractivity contribution in [3.63, 3.8) is 0 Å². The van der Waals surface area contributed by atoms with Crippen LogP contribution in [0.25, 0.3) is 0 Å². The fourth-order valence-electron chi connectivity index (χ4n) is 4.60. The number of likely N-dealkylation sites (tertiary alicyclic amines) is 2. The minimum Gasteiger partial charge on any atom is -0.391 e. The molecule has 0 aromatic heterocycles. The molecule has 1 spiro atoms. The molecule has 3 aliphatic heterocycles. The van der Waals surface area contributed by atoms with E-state index in [0.717, 1.165) is 12.1 Å². The zero-order valence-corrected chi connectivity index (χ0v) is 16.7. The van der Waals surface area contributed by atoms with Gasteiger partial charge in [0.15, 0.2) is 0 Å². The number of aliphatic hydroxyl groups excluding tert-OH is 1. The highest BCUT2D eigenvalue weighted by Crippen LogP contribution is 2.32. The average Bonchev–Trinajstić information content (AvgIpc) is 2.86. The Bertz CT molecular complexity index is 829. The highest BCUT2D eigenvalue weighted by Gasteiger charge is 2.42. The lowest BCUT2D eigenvalue weighted by Crippen LogP contribution is -2.58. The molecule has 8 nitrogen and oxygen atoms in total. The standard InChI is InChI=1S/C21H28N4O4/c1-14(20(29)24-11-4-5-15(26)13-24)25-12-10-21(9-8-18(25)27)22-17-7-3-2-6-16(17)19(28)23-21/h2-3,6-7,14-15,22,26H,4-5,8-13H2,1H3,(H,23,28). The van der Waals surface area contributed by atoms with E-state index in [1.807, 2.05) is 18.2 Å². The first-order valence-electron chi connectivity index (χ1n) is 10.3. The Balaban J connectivity index is 1.48. The Morgan fingerprint density at radius 3 is 2.79 bits per heavy atom. The Morgan fingerprint density at radius 1 is 1.21 bits per heavy atom. The number of para-hydroxylation sites is 1. The van der Waals surface area contributed by atoms with Gasteiger partial charge in [-0.15, -0.1) is 0 Å². The van der Waals surface area contributed by atoms with Crippen LogP contribution in [-0.2, 0) is 9.59 Å². The summed E-state index contributed by atoms with van der Waals surface area (Å²) in [6, 6.07) is 6.75. The van der Waals surface area contributed by atoms with E-state index in [9.17, 15) is 19.5 Å². The molecule has 3 heterocycles. The molecule has 3 amide bonds. The maximum absolute atomic E-state index is 12.9. The summed E-state index contributed by atoms with van der Waals surface area (Å²) < 4.78 is 0. The van der Waals surface area contributed by atoms with Gasteiger partial charge in [-0.1, -0.05) is 12.1 Å². The molecule has 1 aromatic rings. The minimum absolute atomic E-state index is 0.0878. The maximum Gasteiger partial charge on any atom is 0.255 e. The summed E-state index contributed by atoms with van der Waals surface area (Å²) in [5, 5.41) is 16.3. The number of piperidine rings is 1. The molecule has 3 N–H and O–H groups in total. The van der Waals surface area contributed by atoms with Gasteiger partial charge in [0.05, 0.1) is 11.7 Å². The first kappa shape index (κ1) is 19.7. The van der Waals surface area contributed by atoms with E-state index in [-0.39, 0.29) is 24.1 Å². The number of hydrogen-bond acceptors (Lipinski definition) is 5. The predicted molar refractivity (Wildman–Crippen MR) is 107 cm³/mol. The van der Waals surface area contributed by atoms with E-state index in [1.165, 1.54) is 0 Å². The fourth-order valence-corrected chi connectivity index (χ4v) is 4.60. The van der Waals surface area contributed by atoms with Gasteiger partial charge in [-0.25, -0.2) is 0 Å². The molecule has 3 aliphatic rings. The second kappa shape index (κ2) is 7.67. The molecule has 0 aliphatic carbocycles. The molecule has 2 saturated heterocycles. The number of amides is 3. The highest BCUT2D eigenvalue weighted by molar-refractivity contribution is 6.02. The topological polar surface area (TPSA) is 102 Å². The normalized spacial score (nSPS) is 28.3. The minimum atomic E-state index is -0.695. The predicted octanol–water partition coefficient (Wildman–Crippen LogP) is 0.923. The summed E-state index contributed by atoms with van der Waals surface area (Å²) in [5.41, 5.74) is 0.668. The van der Waals surface area contributed by atoms with E-state index in [4.69, 9.17) is 0 Å². The largest absolute Gasteiger partial charge is 0.391 e. The zero-order valence-electron chi connectivity index (χ0n) is 16.7. The van der Waals surface area contributed by atoms with Crippen molar-refractivity contribution in [2.45, 2.75) is 56.8 Å². The van der Waals surface area contributed by atoms with Crippen molar-refractivity contribution in [1.29, 1.82) is 0 Å². The van der Waals surface area contributed by atoms with Crippen LogP contribution in [0.1, 0.15) is 49.4 Å². The van der Waals surface area contributed by atoms with Crippen LogP contribution in [0.5, 0.6) is 0 Å². The highest BCUT2D eigenvalue weighted by atomic mass is 16.3. The average molecular weight is 400 g/mol. The molecule has 0 bridgehead atoms. The second-order valence-electron chi connectivity index (χ2n) is 8.30. The monoisotopic (exact) mass is 400 g/mol. The van der Waals surface area contributed by atoms with Crippen LogP contribution in [0.3, 0.4) is 0 Å². The van der Waals surface area contributed by atoms with Crippen molar-refractivity contribution >= 4 is 23.4 Å². The van der Waals surface area contributed by atoms with Crippen LogP contribution in [0.2, 0.25) is 0 Å². The number of fused-ring (bicyclic) bond motifs is 1. The quantitative estimate of drug-likeness (QED) is 0.685. The van der Waals surface area contributed by atoms with Crippen molar-refractivity contribution in [3.05, 3.63) is 29.8 Å². The van der Waals surface area contributed by atoms with E-state index < -0.39 is 17.8 Å². The van der Waals surface area contributed by atoms with Gasteiger partial charge in [-0.3, -0.25) is 14.4 Å². The number of carbonyl (C=O) groups is 3. The summed E-state index contributed by atoms with van der Waals surface area (Å²) in [6.45, 7) is 3.06. The molecule has 0 saturated carbocycles. The molecule has 0 radical (unpaired) electrons. The first-order chi connectivity index (χ1) is 13.9. The molecule has 156 valence electrons. The molecular weight excluding hydrogens is 372 g/mol. The number of anilines is 1. The van der Waals surface area contributed by atoms with Crippen LogP contribution in [0.15, 0.2) is 24.3 Å². The Labute approximate surface area is 170 Å². The lowest BCUT2D eigenvalue weighted by Gasteiger charge is -2.40. The second-order valence-corrected chi connectivity index (χ2v) is 8.30.